The van der Waals surface area contributed by atoms with E-state index in [9.17, 15) is 5.11 Å². The Hall–Kier alpha value is -2.84. The molecule has 3 heterocycles. The molecule has 0 aliphatic carbocycles. The van der Waals surface area contributed by atoms with Crippen LogP contribution >= 0.6 is 27.3 Å². The van der Waals surface area contributed by atoms with Gasteiger partial charge >= 0.3 is 0 Å². The minimum atomic E-state index is 0.140. The summed E-state index contributed by atoms with van der Waals surface area (Å²) in [5.41, 5.74) is 3.05. The van der Waals surface area contributed by atoms with E-state index in [0.717, 1.165) is 21.4 Å². The molecule has 0 fully saturated rings. The molecule has 3 aromatic rings. The fourth-order valence-electron chi connectivity index (χ4n) is 3.37. The standard InChI is InChI=1S/C21H16BrN3O3S/c22-13-3-1-12(2-4-13)15-11-29-21(24-15)19-16(26)10-25(20(19)23)14-5-6-17-18(9-14)28-8-7-27-17/h1-6,9,11,23,26H,7-8,10H2. The van der Waals surface area contributed by atoms with Crippen molar-refractivity contribution >= 4 is 44.4 Å². The largest absolute Gasteiger partial charge is 0.510 e. The van der Waals surface area contributed by atoms with Gasteiger partial charge in [0.1, 0.15) is 29.8 Å². The number of benzene rings is 2. The molecule has 0 atom stereocenters. The number of ether oxygens (including phenoxy) is 2. The molecule has 1 aromatic heterocycles. The molecule has 2 N–H and O–H groups in total. The predicted molar refractivity (Wildman–Crippen MR) is 117 cm³/mol. The molecule has 2 aromatic carbocycles. The van der Waals surface area contributed by atoms with Gasteiger partial charge in [-0.25, -0.2) is 4.98 Å². The van der Waals surface area contributed by atoms with Crippen LogP contribution in [0.1, 0.15) is 5.01 Å². The normalized spacial score (nSPS) is 15.9. The summed E-state index contributed by atoms with van der Waals surface area (Å²) in [5.74, 6) is 1.71. The first-order valence-corrected chi connectivity index (χ1v) is 10.7. The van der Waals surface area contributed by atoms with Gasteiger partial charge in [-0.3, -0.25) is 5.41 Å². The van der Waals surface area contributed by atoms with Crippen molar-refractivity contribution in [1.29, 1.82) is 5.41 Å². The molecule has 5 rings (SSSR count). The maximum atomic E-state index is 10.6. The molecule has 0 bridgehead atoms. The summed E-state index contributed by atoms with van der Waals surface area (Å²) in [6, 6.07) is 13.4. The number of nitrogens with one attached hydrogen (secondary N) is 1. The predicted octanol–water partition coefficient (Wildman–Crippen LogP) is 5.11. The summed E-state index contributed by atoms with van der Waals surface area (Å²) in [6.07, 6.45) is 0. The van der Waals surface area contributed by atoms with E-state index < -0.39 is 0 Å². The van der Waals surface area contributed by atoms with E-state index in [1.807, 2.05) is 47.8 Å². The summed E-state index contributed by atoms with van der Waals surface area (Å²) in [7, 11) is 0. The summed E-state index contributed by atoms with van der Waals surface area (Å²) >= 11 is 4.86. The van der Waals surface area contributed by atoms with Crippen molar-refractivity contribution in [3.8, 4) is 22.8 Å². The first kappa shape index (κ1) is 18.2. The number of anilines is 1. The molecule has 0 spiro atoms. The van der Waals surface area contributed by atoms with Crippen LogP contribution in [0.2, 0.25) is 0 Å². The van der Waals surface area contributed by atoms with Crippen LogP contribution in [0, 0.1) is 5.41 Å². The number of fused-ring (bicyclic) bond motifs is 1. The molecular formula is C21H16BrN3O3S. The van der Waals surface area contributed by atoms with Crippen LogP contribution in [-0.4, -0.2) is 35.7 Å². The van der Waals surface area contributed by atoms with E-state index in [0.29, 0.717) is 35.3 Å². The zero-order valence-electron chi connectivity index (χ0n) is 15.2. The third-order valence-corrected chi connectivity index (χ3v) is 6.19. The summed E-state index contributed by atoms with van der Waals surface area (Å²) in [5, 5.41) is 21.8. The van der Waals surface area contributed by atoms with Gasteiger partial charge in [-0.05, 0) is 24.3 Å². The van der Waals surface area contributed by atoms with Crippen LogP contribution in [-0.2, 0) is 0 Å². The van der Waals surface area contributed by atoms with Crippen LogP contribution in [0.15, 0.2) is 58.1 Å². The lowest BCUT2D eigenvalue weighted by Crippen LogP contribution is -2.26. The van der Waals surface area contributed by atoms with Crippen molar-refractivity contribution in [3.63, 3.8) is 0 Å². The Morgan fingerprint density at radius 2 is 1.83 bits per heavy atom. The van der Waals surface area contributed by atoms with Crippen molar-refractivity contribution < 1.29 is 14.6 Å². The molecule has 0 unspecified atom stereocenters. The maximum absolute atomic E-state index is 10.6. The Balaban J connectivity index is 1.43. The number of aliphatic hydroxyl groups excluding tert-OH is 1. The van der Waals surface area contributed by atoms with E-state index in [-0.39, 0.29) is 18.1 Å². The van der Waals surface area contributed by atoms with Crippen molar-refractivity contribution in [2.75, 3.05) is 24.7 Å². The number of amidine groups is 1. The van der Waals surface area contributed by atoms with Gasteiger partial charge in [-0.2, -0.15) is 0 Å². The van der Waals surface area contributed by atoms with E-state index >= 15 is 0 Å². The highest BCUT2D eigenvalue weighted by Gasteiger charge is 2.32. The Kier molecular flexibility index (Phi) is 4.52. The molecule has 0 saturated heterocycles. The highest BCUT2D eigenvalue weighted by molar-refractivity contribution is 9.10. The van der Waals surface area contributed by atoms with Crippen LogP contribution in [0.25, 0.3) is 16.8 Å². The molecular weight excluding hydrogens is 454 g/mol. The van der Waals surface area contributed by atoms with Gasteiger partial charge in [0, 0.05) is 27.2 Å². The van der Waals surface area contributed by atoms with Crippen molar-refractivity contribution in [3.05, 3.63) is 63.1 Å². The van der Waals surface area contributed by atoms with Gasteiger partial charge in [-0.15, -0.1) is 11.3 Å². The summed E-state index contributed by atoms with van der Waals surface area (Å²) in [6.45, 7) is 1.25. The molecule has 0 radical (unpaired) electrons. The van der Waals surface area contributed by atoms with Crippen LogP contribution in [0.5, 0.6) is 11.5 Å². The minimum absolute atomic E-state index is 0.140. The molecule has 0 saturated carbocycles. The van der Waals surface area contributed by atoms with Crippen molar-refractivity contribution in [1.82, 2.24) is 4.98 Å². The monoisotopic (exact) mass is 469 g/mol. The minimum Gasteiger partial charge on any atom is -0.510 e. The number of aliphatic hydroxyl groups is 1. The van der Waals surface area contributed by atoms with Gasteiger partial charge in [0.15, 0.2) is 11.5 Å². The Bertz CT molecular complexity index is 1140. The number of aromatic nitrogens is 1. The fraction of sp³-hybridized carbons (Fsp3) is 0.143. The number of hydrogen-bond donors (Lipinski definition) is 2. The van der Waals surface area contributed by atoms with Crippen LogP contribution in [0.4, 0.5) is 5.69 Å². The lowest BCUT2D eigenvalue weighted by atomic mass is 10.2. The average Bonchev–Trinajstić information content (AvgIpc) is 3.32. The molecule has 29 heavy (non-hydrogen) atoms. The molecule has 2 aliphatic heterocycles. The summed E-state index contributed by atoms with van der Waals surface area (Å²) < 4.78 is 12.2. The quantitative estimate of drug-likeness (QED) is 0.556. The van der Waals surface area contributed by atoms with Crippen molar-refractivity contribution in [2.45, 2.75) is 0 Å². The first-order chi connectivity index (χ1) is 14.1. The average molecular weight is 470 g/mol. The number of thiazole rings is 1. The zero-order valence-corrected chi connectivity index (χ0v) is 17.6. The second-order valence-electron chi connectivity index (χ2n) is 6.63. The van der Waals surface area contributed by atoms with E-state index in [4.69, 9.17) is 14.9 Å². The number of nitrogens with zero attached hydrogens (tertiary/aromatic N) is 2. The first-order valence-electron chi connectivity index (χ1n) is 9.00. The summed E-state index contributed by atoms with van der Waals surface area (Å²) in [4.78, 5) is 6.40. The molecule has 146 valence electrons. The van der Waals surface area contributed by atoms with Crippen LogP contribution in [0.3, 0.4) is 0 Å². The highest BCUT2D eigenvalue weighted by Crippen LogP contribution is 2.38. The SMILES string of the molecule is N=C1C(c2nc(-c3ccc(Br)cc3)cs2)=C(O)CN1c1ccc2c(c1)OCCO2. The maximum Gasteiger partial charge on any atom is 0.163 e. The van der Waals surface area contributed by atoms with Gasteiger partial charge in [0.05, 0.1) is 17.8 Å². The lowest BCUT2D eigenvalue weighted by Gasteiger charge is -2.23. The van der Waals surface area contributed by atoms with Crippen molar-refractivity contribution in [2.24, 2.45) is 0 Å². The van der Waals surface area contributed by atoms with E-state index in [1.165, 1.54) is 11.3 Å². The van der Waals surface area contributed by atoms with E-state index in [2.05, 4.69) is 20.9 Å². The topological polar surface area (TPSA) is 78.7 Å². The number of rotatable bonds is 3. The van der Waals surface area contributed by atoms with Gasteiger partial charge in [0.2, 0.25) is 0 Å². The fourth-order valence-corrected chi connectivity index (χ4v) is 4.53. The van der Waals surface area contributed by atoms with E-state index in [1.54, 1.807) is 4.90 Å². The number of halogens is 1. The third-order valence-electron chi connectivity index (χ3n) is 4.80. The highest BCUT2D eigenvalue weighted by atomic mass is 79.9. The van der Waals surface area contributed by atoms with Gasteiger partial charge in [-0.1, -0.05) is 28.1 Å². The molecule has 8 heteroatoms. The van der Waals surface area contributed by atoms with Gasteiger partial charge < -0.3 is 19.5 Å². The Morgan fingerprint density at radius 3 is 2.62 bits per heavy atom. The van der Waals surface area contributed by atoms with Crippen LogP contribution < -0.4 is 14.4 Å². The zero-order chi connectivity index (χ0) is 20.0. The second-order valence-corrected chi connectivity index (χ2v) is 8.40. The number of hydrogen-bond acceptors (Lipinski definition) is 6. The second kappa shape index (κ2) is 7.20. The lowest BCUT2D eigenvalue weighted by molar-refractivity contribution is 0.171. The Morgan fingerprint density at radius 1 is 1.07 bits per heavy atom. The molecule has 2 aliphatic rings. The molecule has 0 amide bonds. The smallest absolute Gasteiger partial charge is 0.163 e. The van der Waals surface area contributed by atoms with Gasteiger partial charge in [0.25, 0.3) is 0 Å². The Labute approximate surface area is 179 Å². The molecule has 6 nitrogen and oxygen atoms in total. The third kappa shape index (κ3) is 3.28.